The highest BCUT2D eigenvalue weighted by Crippen LogP contribution is 1.66. The zero-order valence-electron chi connectivity index (χ0n) is 4.18. The second-order valence-electron chi connectivity index (χ2n) is 0.641. The van der Waals surface area contributed by atoms with Crippen molar-refractivity contribution in [2.24, 2.45) is 0 Å². The van der Waals surface area contributed by atoms with Gasteiger partial charge in [-0.25, -0.2) is 0 Å². The van der Waals surface area contributed by atoms with Crippen molar-refractivity contribution in [3.05, 3.63) is 12.7 Å². The smallest absolute Gasteiger partial charge is 0.485 e. The predicted molar refractivity (Wildman–Crippen MR) is 29.3 cm³/mol. The second kappa shape index (κ2) is 9.83. The third-order valence-electron chi connectivity index (χ3n) is 0.283. The van der Waals surface area contributed by atoms with E-state index < -0.39 is 5.97 Å². The van der Waals surface area contributed by atoms with Crippen LogP contribution in [0.15, 0.2) is 12.7 Å². The Kier molecular flexibility index (Phi) is 19.2. The lowest BCUT2D eigenvalue weighted by molar-refractivity contribution is -0.128. The maximum absolute atomic E-state index is 9.82. The molecule has 4 N–H and O–H groups in total. The van der Waals surface area contributed by atoms with E-state index in [2.05, 4.69) is 10.4 Å². The van der Waals surface area contributed by atoms with Crippen LogP contribution >= 0.6 is 0 Å². The van der Waals surface area contributed by atoms with Gasteiger partial charge in [-0.3, -0.25) is 4.79 Å². The summed E-state index contributed by atoms with van der Waals surface area (Å²) in [6, 6.07) is 0. The van der Waals surface area contributed by atoms with Gasteiger partial charge in [0.1, 0.15) is 0 Å². The van der Waals surface area contributed by atoms with E-state index in [1.165, 1.54) is 0 Å². The normalized spacial score (nSPS) is 5.00. The Bertz CT molecular complexity index is 71.7. The quantitative estimate of drug-likeness (QED) is 0.311. The molecule has 0 aromatic rings. The Morgan fingerprint density at radius 3 is 2.00 bits per heavy atom. The summed E-state index contributed by atoms with van der Waals surface area (Å²) in [5, 5.41) is 0. The van der Waals surface area contributed by atoms with Crippen molar-refractivity contribution >= 4 is 22.6 Å². The molecule has 0 aromatic heterocycles. The molecule has 0 unspecified atom stereocenters. The molecule has 0 saturated carbocycles. The second-order valence-corrected chi connectivity index (χ2v) is 0.877. The van der Waals surface area contributed by atoms with Crippen molar-refractivity contribution in [2.45, 2.75) is 0 Å². The SMILES string of the molecule is C=CC(=O)[O][Al].O.O. The zero-order chi connectivity index (χ0) is 4.99. The van der Waals surface area contributed by atoms with Gasteiger partial charge < -0.3 is 14.7 Å². The number of hydrogen-bond acceptors (Lipinski definition) is 2. The summed E-state index contributed by atoms with van der Waals surface area (Å²) in [6.07, 6.45) is 1.09. The Morgan fingerprint density at radius 2 is 2.00 bits per heavy atom. The molecular formula is C3H7AlO4. The minimum atomic E-state index is -0.431. The summed E-state index contributed by atoms with van der Waals surface area (Å²) >= 11 is 1.82. The summed E-state index contributed by atoms with van der Waals surface area (Å²) in [5.41, 5.74) is 0. The molecule has 0 saturated heterocycles. The van der Waals surface area contributed by atoms with Crippen LogP contribution in [0, 0.1) is 0 Å². The molecule has 5 heteroatoms. The van der Waals surface area contributed by atoms with E-state index in [0.717, 1.165) is 6.08 Å². The van der Waals surface area contributed by atoms with Gasteiger partial charge in [-0.05, 0) is 0 Å². The van der Waals surface area contributed by atoms with Crippen molar-refractivity contribution in [2.75, 3.05) is 0 Å². The summed E-state index contributed by atoms with van der Waals surface area (Å²) in [7, 11) is 0. The summed E-state index contributed by atoms with van der Waals surface area (Å²) < 4.78 is 4.06. The highest BCUT2D eigenvalue weighted by Gasteiger charge is 1.80. The maximum atomic E-state index is 9.82. The van der Waals surface area contributed by atoms with Gasteiger partial charge in [0, 0.05) is 6.08 Å². The standard InChI is InChI=1S/C3H4O2.Al.2H2O/c1-2-3(4)5;;;/h2H,1H2,(H,4,5);;2*1H2/q;+1;;/p-1. The van der Waals surface area contributed by atoms with E-state index in [1.807, 2.05) is 16.6 Å². The Labute approximate surface area is 55.5 Å². The largest absolute Gasteiger partial charge is 0.625 e. The predicted octanol–water partition coefficient (Wildman–Crippen LogP) is -1.85. The highest BCUT2D eigenvalue weighted by molar-refractivity contribution is 6.07. The average molecular weight is 134 g/mol. The van der Waals surface area contributed by atoms with Gasteiger partial charge in [-0.15, -0.1) is 0 Å². The number of hydrogen-bond donors (Lipinski definition) is 0. The fourth-order valence-electron chi connectivity index (χ4n) is 0.0481. The van der Waals surface area contributed by atoms with Crippen molar-refractivity contribution in [1.82, 2.24) is 0 Å². The van der Waals surface area contributed by atoms with Crippen LogP contribution in [0.4, 0.5) is 0 Å². The Morgan fingerprint density at radius 1 is 1.62 bits per heavy atom. The number of rotatable bonds is 1. The summed E-state index contributed by atoms with van der Waals surface area (Å²) in [6.45, 7) is 3.14. The molecule has 0 atom stereocenters. The lowest BCUT2D eigenvalue weighted by atomic mass is 10.7. The molecule has 0 aromatic carbocycles. The molecule has 8 heavy (non-hydrogen) atoms. The molecule has 0 amide bonds. The maximum Gasteiger partial charge on any atom is 0.485 e. The molecule has 0 bridgehead atoms. The number of carbonyl (C=O) groups is 1. The molecule has 0 aliphatic heterocycles. The van der Waals surface area contributed by atoms with Gasteiger partial charge >= 0.3 is 16.6 Å². The van der Waals surface area contributed by atoms with Crippen LogP contribution in [0.5, 0.6) is 0 Å². The fraction of sp³-hybridized carbons (Fsp3) is 0. The van der Waals surface area contributed by atoms with Crippen LogP contribution < -0.4 is 0 Å². The molecule has 0 rings (SSSR count). The topological polar surface area (TPSA) is 89.3 Å². The molecule has 2 radical (unpaired) electrons. The van der Waals surface area contributed by atoms with E-state index in [0.29, 0.717) is 0 Å². The molecule has 4 nitrogen and oxygen atoms in total. The van der Waals surface area contributed by atoms with E-state index in [9.17, 15) is 4.79 Å². The van der Waals surface area contributed by atoms with Gasteiger partial charge in [0.25, 0.3) is 5.97 Å². The Balaban J connectivity index is -0.000000125. The summed E-state index contributed by atoms with van der Waals surface area (Å²) in [4.78, 5) is 9.82. The van der Waals surface area contributed by atoms with Crippen molar-refractivity contribution in [3.63, 3.8) is 0 Å². The van der Waals surface area contributed by atoms with Crippen LogP contribution in [0.2, 0.25) is 0 Å². The first kappa shape index (κ1) is 15.6. The third-order valence-corrected chi connectivity index (χ3v) is 0.515. The van der Waals surface area contributed by atoms with Crippen molar-refractivity contribution in [1.29, 1.82) is 0 Å². The molecule has 0 aliphatic carbocycles. The fourth-order valence-corrected chi connectivity index (χ4v) is 0.144. The first-order chi connectivity index (χ1) is 2.81. The average Bonchev–Trinajstić information content (AvgIpc) is 1.65. The minimum absolute atomic E-state index is 0. The number of carbonyl (C=O) groups excluding carboxylic acids is 1. The lowest BCUT2D eigenvalue weighted by Gasteiger charge is -1.87. The summed E-state index contributed by atoms with van der Waals surface area (Å²) in [5.74, 6) is -0.431. The zero-order valence-corrected chi connectivity index (χ0v) is 5.33. The van der Waals surface area contributed by atoms with Crippen LogP contribution in [0.3, 0.4) is 0 Å². The van der Waals surface area contributed by atoms with E-state index in [1.54, 1.807) is 0 Å². The van der Waals surface area contributed by atoms with Gasteiger partial charge in [0.05, 0.1) is 0 Å². The molecule has 0 fully saturated rings. The van der Waals surface area contributed by atoms with Gasteiger partial charge in [0.15, 0.2) is 0 Å². The molecule has 0 heterocycles. The van der Waals surface area contributed by atoms with Crippen LogP contribution in [-0.4, -0.2) is 33.5 Å². The first-order valence-corrected chi connectivity index (χ1v) is 1.81. The molecular weight excluding hydrogens is 127 g/mol. The van der Waals surface area contributed by atoms with E-state index >= 15 is 0 Å². The van der Waals surface area contributed by atoms with E-state index in [4.69, 9.17) is 0 Å². The van der Waals surface area contributed by atoms with Gasteiger partial charge in [0.2, 0.25) is 0 Å². The van der Waals surface area contributed by atoms with Crippen molar-refractivity contribution in [3.8, 4) is 0 Å². The third kappa shape index (κ3) is 9.18. The molecule has 0 aliphatic rings. The van der Waals surface area contributed by atoms with Gasteiger partial charge in [-0.2, -0.15) is 0 Å². The first-order valence-electron chi connectivity index (χ1n) is 1.34. The minimum Gasteiger partial charge on any atom is -0.625 e. The monoisotopic (exact) mass is 134 g/mol. The lowest BCUT2D eigenvalue weighted by Crippen LogP contribution is -1.93. The van der Waals surface area contributed by atoms with Crippen LogP contribution in [-0.2, 0) is 8.58 Å². The van der Waals surface area contributed by atoms with Crippen LogP contribution in [0.25, 0.3) is 0 Å². The highest BCUT2D eigenvalue weighted by atomic mass is 27.1. The van der Waals surface area contributed by atoms with E-state index in [-0.39, 0.29) is 11.0 Å². The van der Waals surface area contributed by atoms with Crippen molar-refractivity contribution < 1.29 is 19.5 Å². The molecule has 46 valence electrons. The Hall–Kier alpha value is -0.338. The van der Waals surface area contributed by atoms with Crippen LogP contribution in [0.1, 0.15) is 0 Å². The van der Waals surface area contributed by atoms with Gasteiger partial charge in [-0.1, -0.05) is 6.58 Å². The molecule has 0 spiro atoms.